The highest BCUT2D eigenvalue weighted by molar-refractivity contribution is 5.98. The lowest BCUT2D eigenvalue weighted by Gasteiger charge is -2.18. The molecule has 1 saturated heterocycles. The highest BCUT2D eigenvalue weighted by atomic mass is 19.1. The molecule has 1 aliphatic heterocycles. The molecule has 1 N–H and O–H groups in total. The number of para-hydroxylation sites is 1. The van der Waals surface area contributed by atoms with Crippen molar-refractivity contribution in [1.82, 2.24) is 4.90 Å². The Morgan fingerprint density at radius 2 is 1.70 bits per heavy atom. The van der Waals surface area contributed by atoms with Crippen molar-refractivity contribution in [2.45, 2.75) is 39.7 Å². The van der Waals surface area contributed by atoms with Gasteiger partial charge in [0.15, 0.2) is 0 Å². The van der Waals surface area contributed by atoms with Crippen molar-refractivity contribution in [2.75, 3.05) is 11.9 Å². The number of hydrogen-bond donors (Lipinski definition) is 1. The maximum atomic E-state index is 13.9. The van der Waals surface area contributed by atoms with Gasteiger partial charge >= 0.3 is 0 Å². The second-order valence-electron chi connectivity index (χ2n) is 6.91. The van der Waals surface area contributed by atoms with Crippen molar-refractivity contribution in [1.29, 1.82) is 0 Å². The molecule has 1 aliphatic rings. The van der Waals surface area contributed by atoms with Gasteiger partial charge in [0, 0.05) is 30.8 Å². The summed E-state index contributed by atoms with van der Waals surface area (Å²) in [7, 11) is 0. The molecule has 2 amide bonds. The summed E-state index contributed by atoms with van der Waals surface area (Å²) in [4.78, 5) is 26.7. The maximum Gasteiger partial charge on any atom is 0.229 e. The molecular formula is C22H25FN2O2. The number of carbonyl (C=O) groups is 2. The van der Waals surface area contributed by atoms with Crippen molar-refractivity contribution in [3.8, 4) is 0 Å². The number of hydrogen-bond acceptors (Lipinski definition) is 2. The van der Waals surface area contributed by atoms with Crippen molar-refractivity contribution in [2.24, 2.45) is 5.92 Å². The lowest BCUT2D eigenvalue weighted by Crippen LogP contribution is -2.28. The number of rotatable bonds is 6. The van der Waals surface area contributed by atoms with E-state index >= 15 is 0 Å². The molecule has 0 aliphatic carbocycles. The van der Waals surface area contributed by atoms with Gasteiger partial charge in [0.05, 0.1) is 5.92 Å². The Bertz CT molecular complexity index is 828. The first-order valence-corrected chi connectivity index (χ1v) is 9.46. The quantitative estimate of drug-likeness (QED) is 0.840. The summed E-state index contributed by atoms with van der Waals surface area (Å²) in [6.07, 6.45) is 1.81. The molecule has 0 spiro atoms. The van der Waals surface area contributed by atoms with Gasteiger partial charge in [-0.1, -0.05) is 50.2 Å². The number of benzene rings is 2. The highest BCUT2D eigenvalue weighted by Crippen LogP contribution is 2.26. The fraction of sp³-hybridized carbons (Fsp3) is 0.364. The van der Waals surface area contributed by atoms with E-state index in [9.17, 15) is 14.0 Å². The summed E-state index contributed by atoms with van der Waals surface area (Å²) in [6.45, 7) is 4.62. The minimum absolute atomic E-state index is 0.113. The molecule has 5 heteroatoms. The van der Waals surface area contributed by atoms with E-state index in [-0.39, 0.29) is 30.6 Å². The van der Waals surface area contributed by atoms with Gasteiger partial charge in [-0.3, -0.25) is 9.59 Å². The Kier molecular flexibility index (Phi) is 5.89. The van der Waals surface area contributed by atoms with Crippen LogP contribution in [0.3, 0.4) is 0 Å². The van der Waals surface area contributed by atoms with Crippen LogP contribution in [0.2, 0.25) is 0 Å². The molecule has 1 unspecified atom stereocenters. The van der Waals surface area contributed by atoms with Crippen LogP contribution in [-0.2, 0) is 29.0 Å². The molecule has 3 rings (SSSR count). The molecule has 0 radical (unpaired) electrons. The summed E-state index contributed by atoms with van der Waals surface area (Å²) in [5.41, 5.74) is 3.52. The van der Waals surface area contributed by atoms with Crippen LogP contribution in [0.1, 0.15) is 37.0 Å². The Morgan fingerprint density at radius 3 is 2.33 bits per heavy atom. The standard InChI is InChI=1S/C22H25FN2O2/c1-3-15-9-7-10-16(4-2)21(15)24-22(27)18-12-20(26)25(14-18)13-17-8-5-6-11-19(17)23/h5-11,18H,3-4,12-14H2,1-2H3,(H,24,27). The number of carbonyl (C=O) groups excluding carboxylic acids is 2. The Hall–Kier alpha value is -2.69. The zero-order chi connectivity index (χ0) is 19.4. The summed E-state index contributed by atoms with van der Waals surface area (Å²) >= 11 is 0. The second kappa shape index (κ2) is 8.33. The fourth-order valence-corrected chi connectivity index (χ4v) is 3.56. The second-order valence-corrected chi connectivity index (χ2v) is 6.91. The van der Waals surface area contributed by atoms with Gasteiger partial charge in [0.25, 0.3) is 0 Å². The first-order chi connectivity index (χ1) is 13.0. The predicted octanol–water partition coefficient (Wildman–Crippen LogP) is 3.94. The molecular weight excluding hydrogens is 343 g/mol. The van der Waals surface area contributed by atoms with E-state index in [4.69, 9.17) is 0 Å². The van der Waals surface area contributed by atoms with Gasteiger partial charge < -0.3 is 10.2 Å². The van der Waals surface area contributed by atoms with Gasteiger partial charge in [-0.15, -0.1) is 0 Å². The minimum atomic E-state index is -0.418. The first kappa shape index (κ1) is 19.1. The third-order valence-electron chi connectivity index (χ3n) is 5.15. The van der Waals surface area contributed by atoms with Crippen molar-refractivity contribution in [3.05, 3.63) is 65.0 Å². The van der Waals surface area contributed by atoms with Crippen molar-refractivity contribution in [3.63, 3.8) is 0 Å². The molecule has 1 heterocycles. The van der Waals surface area contributed by atoms with Crippen LogP contribution in [0.4, 0.5) is 10.1 Å². The lowest BCUT2D eigenvalue weighted by atomic mass is 10.0. The van der Waals surface area contributed by atoms with Gasteiger partial charge in [-0.05, 0) is 30.0 Å². The average molecular weight is 368 g/mol. The van der Waals surface area contributed by atoms with E-state index in [2.05, 4.69) is 19.2 Å². The van der Waals surface area contributed by atoms with E-state index in [0.717, 1.165) is 29.7 Å². The molecule has 27 heavy (non-hydrogen) atoms. The van der Waals surface area contributed by atoms with E-state index in [1.807, 2.05) is 18.2 Å². The fourth-order valence-electron chi connectivity index (χ4n) is 3.56. The minimum Gasteiger partial charge on any atom is -0.337 e. The molecule has 0 saturated carbocycles. The van der Waals surface area contributed by atoms with E-state index in [1.54, 1.807) is 23.1 Å². The SMILES string of the molecule is CCc1cccc(CC)c1NC(=O)C1CC(=O)N(Cc2ccccc2F)C1. The molecule has 4 nitrogen and oxygen atoms in total. The summed E-state index contributed by atoms with van der Waals surface area (Å²) < 4.78 is 13.9. The third kappa shape index (κ3) is 4.18. The van der Waals surface area contributed by atoms with E-state index < -0.39 is 5.92 Å². The molecule has 1 atom stereocenters. The molecule has 2 aromatic carbocycles. The van der Waals surface area contributed by atoms with Crippen LogP contribution in [0.25, 0.3) is 0 Å². The normalized spacial score (nSPS) is 16.6. The average Bonchev–Trinajstić information content (AvgIpc) is 3.04. The number of nitrogens with one attached hydrogen (secondary N) is 1. The van der Waals surface area contributed by atoms with Gasteiger partial charge in [0.2, 0.25) is 11.8 Å². The number of halogens is 1. The maximum absolute atomic E-state index is 13.9. The number of aryl methyl sites for hydroxylation is 2. The van der Waals surface area contributed by atoms with Gasteiger partial charge in [-0.2, -0.15) is 0 Å². The number of amides is 2. The van der Waals surface area contributed by atoms with Crippen LogP contribution in [0.15, 0.2) is 42.5 Å². The Balaban J connectivity index is 1.71. The topological polar surface area (TPSA) is 49.4 Å². The first-order valence-electron chi connectivity index (χ1n) is 9.46. The molecule has 142 valence electrons. The molecule has 0 bridgehead atoms. The summed E-state index contributed by atoms with van der Waals surface area (Å²) in [6, 6.07) is 12.4. The van der Waals surface area contributed by atoms with Crippen LogP contribution in [0.5, 0.6) is 0 Å². The van der Waals surface area contributed by atoms with Crippen LogP contribution in [-0.4, -0.2) is 23.3 Å². The van der Waals surface area contributed by atoms with Crippen LogP contribution < -0.4 is 5.32 Å². The summed E-state index contributed by atoms with van der Waals surface area (Å²) in [5.74, 6) is -1.01. The largest absolute Gasteiger partial charge is 0.337 e. The summed E-state index contributed by atoms with van der Waals surface area (Å²) in [5, 5.41) is 3.05. The van der Waals surface area contributed by atoms with Crippen molar-refractivity contribution >= 4 is 17.5 Å². The smallest absolute Gasteiger partial charge is 0.229 e. The zero-order valence-corrected chi connectivity index (χ0v) is 15.8. The monoisotopic (exact) mass is 368 g/mol. The Labute approximate surface area is 159 Å². The molecule has 2 aromatic rings. The van der Waals surface area contributed by atoms with Crippen LogP contribution >= 0.6 is 0 Å². The van der Waals surface area contributed by atoms with Gasteiger partial charge in [-0.25, -0.2) is 4.39 Å². The predicted molar refractivity (Wildman–Crippen MR) is 104 cm³/mol. The van der Waals surface area contributed by atoms with Gasteiger partial charge in [0.1, 0.15) is 5.82 Å². The number of likely N-dealkylation sites (tertiary alicyclic amines) is 1. The third-order valence-corrected chi connectivity index (χ3v) is 5.15. The van der Waals surface area contributed by atoms with Crippen LogP contribution in [0, 0.1) is 11.7 Å². The van der Waals surface area contributed by atoms with E-state index in [1.165, 1.54) is 6.07 Å². The lowest BCUT2D eigenvalue weighted by molar-refractivity contribution is -0.128. The zero-order valence-electron chi connectivity index (χ0n) is 15.8. The highest BCUT2D eigenvalue weighted by Gasteiger charge is 2.34. The van der Waals surface area contributed by atoms with E-state index in [0.29, 0.717) is 12.1 Å². The number of nitrogens with zero attached hydrogens (tertiary/aromatic N) is 1. The molecule has 0 aromatic heterocycles. The molecule has 1 fully saturated rings. The number of anilines is 1. The Morgan fingerprint density at radius 1 is 1.07 bits per heavy atom. The van der Waals surface area contributed by atoms with Crippen molar-refractivity contribution < 1.29 is 14.0 Å².